The van der Waals surface area contributed by atoms with E-state index in [1.165, 1.54) is 38.5 Å². The van der Waals surface area contributed by atoms with Gasteiger partial charge in [-0.2, -0.15) is 0 Å². The van der Waals surface area contributed by atoms with Gasteiger partial charge in [-0.1, -0.05) is 20.3 Å². The van der Waals surface area contributed by atoms with Crippen LogP contribution in [0.25, 0.3) is 0 Å². The maximum atomic E-state index is 3.71. The van der Waals surface area contributed by atoms with Crippen molar-refractivity contribution in [3.63, 3.8) is 0 Å². The van der Waals surface area contributed by atoms with E-state index in [4.69, 9.17) is 0 Å². The molecule has 1 aliphatic rings. The molecule has 0 aromatic rings. The number of rotatable bonds is 4. The SMILES string of the molecule is CCC1CCC(N[C@H](C)CC)CC1. The molecule has 0 amide bonds. The first kappa shape index (κ1) is 11.0. The summed E-state index contributed by atoms with van der Waals surface area (Å²) in [5.41, 5.74) is 0. The number of hydrogen-bond acceptors (Lipinski definition) is 1. The van der Waals surface area contributed by atoms with Crippen molar-refractivity contribution >= 4 is 0 Å². The molecule has 0 unspecified atom stereocenters. The molecule has 0 aliphatic heterocycles. The quantitative estimate of drug-likeness (QED) is 0.705. The summed E-state index contributed by atoms with van der Waals surface area (Å²) in [5, 5.41) is 3.71. The minimum absolute atomic E-state index is 0.711. The van der Waals surface area contributed by atoms with E-state index in [1.54, 1.807) is 0 Å². The molecule has 0 spiro atoms. The summed E-state index contributed by atoms with van der Waals surface area (Å²) in [6.45, 7) is 6.88. The zero-order chi connectivity index (χ0) is 9.68. The summed E-state index contributed by atoms with van der Waals surface area (Å²) in [6.07, 6.45) is 8.35. The number of nitrogens with one attached hydrogen (secondary N) is 1. The Morgan fingerprint density at radius 1 is 1.15 bits per heavy atom. The summed E-state index contributed by atoms with van der Waals surface area (Å²) in [5.74, 6) is 1.02. The third kappa shape index (κ3) is 3.68. The molecule has 13 heavy (non-hydrogen) atoms. The lowest BCUT2D eigenvalue weighted by Gasteiger charge is -2.30. The Morgan fingerprint density at radius 3 is 2.23 bits per heavy atom. The molecule has 1 rings (SSSR count). The standard InChI is InChI=1S/C12H25N/c1-4-10(3)13-12-8-6-11(5-2)7-9-12/h10-13H,4-9H2,1-3H3/t10-,11?,12?/m1/s1. The smallest absolute Gasteiger partial charge is 0.00697 e. The highest BCUT2D eigenvalue weighted by Gasteiger charge is 2.20. The Hall–Kier alpha value is -0.0400. The van der Waals surface area contributed by atoms with Gasteiger partial charge in [0.1, 0.15) is 0 Å². The van der Waals surface area contributed by atoms with E-state index < -0.39 is 0 Å². The molecule has 0 bridgehead atoms. The van der Waals surface area contributed by atoms with Crippen molar-refractivity contribution in [2.75, 3.05) is 0 Å². The van der Waals surface area contributed by atoms with Crippen molar-refractivity contribution in [3.05, 3.63) is 0 Å². The highest BCUT2D eigenvalue weighted by Crippen LogP contribution is 2.26. The average molecular weight is 183 g/mol. The molecule has 1 N–H and O–H groups in total. The van der Waals surface area contributed by atoms with Crippen molar-refractivity contribution in [1.82, 2.24) is 5.32 Å². The molecule has 1 heteroatoms. The molecule has 1 nitrogen and oxygen atoms in total. The van der Waals surface area contributed by atoms with Crippen LogP contribution in [0.5, 0.6) is 0 Å². The van der Waals surface area contributed by atoms with E-state index in [0.29, 0.717) is 6.04 Å². The van der Waals surface area contributed by atoms with Gasteiger partial charge in [0.15, 0.2) is 0 Å². The first-order valence-corrected chi connectivity index (χ1v) is 6.02. The summed E-state index contributed by atoms with van der Waals surface area (Å²) in [7, 11) is 0. The largest absolute Gasteiger partial charge is 0.312 e. The summed E-state index contributed by atoms with van der Waals surface area (Å²) < 4.78 is 0. The van der Waals surface area contributed by atoms with Crippen LogP contribution in [0, 0.1) is 5.92 Å². The van der Waals surface area contributed by atoms with Gasteiger partial charge in [-0.15, -0.1) is 0 Å². The van der Waals surface area contributed by atoms with Gasteiger partial charge in [-0.05, 0) is 44.9 Å². The molecule has 0 radical (unpaired) electrons. The maximum absolute atomic E-state index is 3.71. The van der Waals surface area contributed by atoms with E-state index >= 15 is 0 Å². The minimum Gasteiger partial charge on any atom is -0.312 e. The minimum atomic E-state index is 0.711. The zero-order valence-electron chi connectivity index (χ0n) is 9.47. The molecule has 78 valence electrons. The van der Waals surface area contributed by atoms with Gasteiger partial charge in [0.25, 0.3) is 0 Å². The fourth-order valence-corrected chi connectivity index (χ4v) is 2.26. The molecular formula is C12H25N. The van der Waals surface area contributed by atoms with Crippen LogP contribution < -0.4 is 5.32 Å². The monoisotopic (exact) mass is 183 g/mol. The third-order valence-corrected chi connectivity index (χ3v) is 3.56. The first-order valence-electron chi connectivity index (χ1n) is 6.02. The van der Waals surface area contributed by atoms with E-state index in [9.17, 15) is 0 Å². The summed E-state index contributed by atoms with van der Waals surface area (Å²) in [6, 6.07) is 1.53. The molecule has 0 saturated heterocycles. The van der Waals surface area contributed by atoms with Crippen molar-refractivity contribution in [1.29, 1.82) is 0 Å². The lowest BCUT2D eigenvalue weighted by molar-refractivity contribution is 0.271. The molecule has 1 saturated carbocycles. The highest BCUT2D eigenvalue weighted by molar-refractivity contribution is 4.78. The van der Waals surface area contributed by atoms with Gasteiger partial charge < -0.3 is 5.32 Å². The van der Waals surface area contributed by atoms with Gasteiger partial charge in [0, 0.05) is 12.1 Å². The van der Waals surface area contributed by atoms with E-state index in [0.717, 1.165) is 12.0 Å². The Labute approximate surface area is 83.3 Å². The molecular weight excluding hydrogens is 158 g/mol. The predicted octanol–water partition coefficient (Wildman–Crippen LogP) is 3.34. The van der Waals surface area contributed by atoms with Crippen molar-refractivity contribution in [2.45, 2.75) is 71.4 Å². The topological polar surface area (TPSA) is 12.0 Å². The second-order valence-corrected chi connectivity index (χ2v) is 4.60. The molecule has 1 fully saturated rings. The van der Waals surface area contributed by atoms with Crippen molar-refractivity contribution < 1.29 is 0 Å². The summed E-state index contributed by atoms with van der Waals surface area (Å²) >= 11 is 0. The van der Waals surface area contributed by atoms with Crippen molar-refractivity contribution in [3.8, 4) is 0 Å². The number of hydrogen-bond donors (Lipinski definition) is 1. The fraction of sp³-hybridized carbons (Fsp3) is 1.00. The molecule has 0 aromatic carbocycles. The molecule has 1 atom stereocenters. The van der Waals surface area contributed by atoms with Crippen LogP contribution in [0.15, 0.2) is 0 Å². The van der Waals surface area contributed by atoms with Gasteiger partial charge in [-0.3, -0.25) is 0 Å². The average Bonchev–Trinajstić information content (AvgIpc) is 2.19. The van der Waals surface area contributed by atoms with Gasteiger partial charge in [-0.25, -0.2) is 0 Å². The second kappa shape index (κ2) is 5.64. The lowest BCUT2D eigenvalue weighted by atomic mass is 9.84. The van der Waals surface area contributed by atoms with Crippen LogP contribution in [-0.2, 0) is 0 Å². The van der Waals surface area contributed by atoms with Crippen LogP contribution in [0.2, 0.25) is 0 Å². The van der Waals surface area contributed by atoms with Gasteiger partial charge in [0.05, 0.1) is 0 Å². The molecule has 0 aromatic heterocycles. The zero-order valence-corrected chi connectivity index (χ0v) is 9.47. The Kier molecular flexibility index (Phi) is 4.79. The van der Waals surface area contributed by atoms with E-state index in [2.05, 4.69) is 26.1 Å². The highest BCUT2D eigenvalue weighted by atomic mass is 14.9. The van der Waals surface area contributed by atoms with Gasteiger partial charge >= 0.3 is 0 Å². The van der Waals surface area contributed by atoms with Crippen LogP contribution in [0.4, 0.5) is 0 Å². The van der Waals surface area contributed by atoms with Crippen LogP contribution in [0.1, 0.15) is 59.3 Å². The van der Waals surface area contributed by atoms with Crippen LogP contribution in [-0.4, -0.2) is 12.1 Å². The Morgan fingerprint density at radius 2 is 1.77 bits per heavy atom. The predicted molar refractivity (Wildman–Crippen MR) is 58.9 cm³/mol. The second-order valence-electron chi connectivity index (χ2n) is 4.60. The Bertz CT molecular complexity index is 125. The fourth-order valence-electron chi connectivity index (χ4n) is 2.26. The van der Waals surface area contributed by atoms with Crippen LogP contribution >= 0.6 is 0 Å². The molecule has 0 heterocycles. The van der Waals surface area contributed by atoms with Crippen LogP contribution in [0.3, 0.4) is 0 Å². The third-order valence-electron chi connectivity index (χ3n) is 3.56. The lowest BCUT2D eigenvalue weighted by Crippen LogP contribution is -2.38. The first-order chi connectivity index (χ1) is 6.26. The van der Waals surface area contributed by atoms with E-state index in [1.807, 2.05) is 0 Å². The molecule has 1 aliphatic carbocycles. The normalized spacial score (nSPS) is 31.6. The van der Waals surface area contributed by atoms with Gasteiger partial charge in [0.2, 0.25) is 0 Å². The van der Waals surface area contributed by atoms with E-state index in [-0.39, 0.29) is 0 Å². The van der Waals surface area contributed by atoms with Crippen molar-refractivity contribution in [2.24, 2.45) is 5.92 Å². The Balaban J connectivity index is 2.17. The maximum Gasteiger partial charge on any atom is 0.00697 e. The summed E-state index contributed by atoms with van der Waals surface area (Å²) in [4.78, 5) is 0.